The van der Waals surface area contributed by atoms with Gasteiger partial charge in [-0.25, -0.2) is 4.99 Å². The second kappa shape index (κ2) is 11.8. The lowest BCUT2D eigenvalue weighted by Crippen LogP contribution is -2.38. The highest BCUT2D eigenvalue weighted by atomic mass is 16.1. The summed E-state index contributed by atoms with van der Waals surface area (Å²) in [4.78, 5) is 16.7. The summed E-state index contributed by atoms with van der Waals surface area (Å²) in [6.07, 6.45) is 5.54. The number of nitrogens with one attached hydrogen (secondary N) is 3. The zero-order chi connectivity index (χ0) is 20.2. The highest BCUT2D eigenvalue weighted by molar-refractivity contribution is 5.92. The zero-order valence-electron chi connectivity index (χ0n) is 17.1. The Hall–Kier alpha value is -2.83. The normalized spacial score (nSPS) is 12.5. The molecule has 1 aromatic heterocycles. The Labute approximate surface area is 167 Å². The fourth-order valence-electron chi connectivity index (χ4n) is 2.59. The molecule has 1 amide bonds. The van der Waals surface area contributed by atoms with Crippen molar-refractivity contribution in [1.29, 1.82) is 0 Å². The molecular weight excluding hydrogens is 352 g/mol. The van der Waals surface area contributed by atoms with Crippen molar-refractivity contribution in [3.05, 3.63) is 48.3 Å². The molecule has 7 heteroatoms. The van der Waals surface area contributed by atoms with Crippen LogP contribution in [-0.2, 0) is 17.9 Å². The number of benzene rings is 1. The Morgan fingerprint density at radius 3 is 2.82 bits per heavy atom. The van der Waals surface area contributed by atoms with Crippen LogP contribution in [0.15, 0.2) is 47.7 Å². The van der Waals surface area contributed by atoms with E-state index in [1.807, 2.05) is 62.0 Å². The van der Waals surface area contributed by atoms with Crippen molar-refractivity contribution >= 4 is 17.6 Å². The molecular formula is C21H32N6O. The highest BCUT2D eigenvalue weighted by Gasteiger charge is 2.10. The predicted octanol–water partition coefficient (Wildman–Crippen LogP) is 3.01. The molecule has 0 aliphatic heterocycles. The standard InChI is InChI=1S/C21H32N6O/c1-4-17(3)20(28)26-19-10-6-9-18(15-19)16-24-21(22-5-2)23-11-7-13-27-14-8-12-25-27/h6,8-10,12,14-15,17H,4-5,7,11,13,16H2,1-3H3,(H,26,28)(H2,22,23,24). The first-order valence-corrected chi connectivity index (χ1v) is 10.0. The number of amides is 1. The van der Waals surface area contributed by atoms with Gasteiger partial charge in [0.1, 0.15) is 0 Å². The number of carbonyl (C=O) groups is 1. The van der Waals surface area contributed by atoms with Crippen LogP contribution in [0.3, 0.4) is 0 Å². The third-order valence-electron chi connectivity index (χ3n) is 4.43. The Balaban J connectivity index is 1.86. The van der Waals surface area contributed by atoms with Gasteiger partial charge in [0.15, 0.2) is 5.96 Å². The van der Waals surface area contributed by atoms with Crippen molar-refractivity contribution in [2.75, 3.05) is 18.4 Å². The Morgan fingerprint density at radius 1 is 1.25 bits per heavy atom. The number of aryl methyl sites for hydroxylation is 1. The van der Waals surface area contributed by atoms with E-state index in [-0.39, 0.29) is 11.8 Å². The molecule has 1 heterocycles. The fraction of sp³-hybridized carbons (Fsp3) is 0.476. The molecule has 0 bridgehead atoms. The van der Waals surface area contributed by atoms with Crippen LogP contribution in [0.2, 0.25) is 0 Å². The first-order chi connectivity index (χ1) is 13.6. The largest absolute Gasteiger partial charge is 0.357 e. The number of aliphatic imine (C=N–C) groups is 1. The monoisotopic (exact) mass is 384 g/mol. The van der Waals surface area contributed by atoms with E-state index in [0.29, 0.717) is 6.54 Å². The summed E-state index contributed by atoms with van der Waals surface area (Å²) in [6, 6.07) is 9.78. The van der Waals surface area contributed by atoms with E-state index >= 15 is 0 Å². The van der Waals surface area contributed by atoms with Gasteiger partial charge in [0.05, 0.1) is 6.54 Å². The van der Waals surface area contributed by atoms with Crippen LogP contribution >= 0.6 is 0 Å². The van der Waals surface area contributed by atoms with Gasteiger partial charge < -0.3 is 16.0 Å². The fourth-order valence-corrected chi connectivity index (χ4v) is 2.59. The molecule has 1 aromatic carbocycles. The molecule has 2 rings (SSSR count). The van der Waals surface area contributed by atoms with Crippen LogP contribution in [0, 0.1) is 5.92 Å². The lowest BCUT2D eigenvalue weighted by atomic mass is 10.1. The number of aromatic nitrogens is 2. The van der Waals surface area contributed by atoms with Crippen LogP contribution < -0.4 is 16.0 Å². The molecule has 1 unspecified atom stereocenters. The number of guanidine groups is 1. The third kappa shape index (κ3) is 7.42. The number of rotatable bonds is 10. The van der Waals surface area contributed by atoms with E-state index in [1.165, 1.54) is 0 Å². The first kappa shape index (κ1) is 21.5. The van der Waals surface area contributed by atoms with E-state index < -0.39 is 0 Å². The van der Waals surface area contributed by atoms with Gasteiger partial charge in [0.2, 0.25) is 5.91 Å². The van der Waals surface area contributed by atoms with Crippen LogP contribution in [-0.4, -0.2) is 34.7 Å². The lowest BCUT2D eigenvalue weighted by Gasteiger charge is -2.12. The summed E-state index contributed by atoms with van der Waals surface area (Å²) in [5.74, 6) is 0.848. The SMILES string of the molecule is CCNC(=NCc1cccc(NC(=O)C(C)CC)c1)NCCCn1cccn1. The maximum absolute atomic E-state index is 12.1. The Bertz CT molecular complexity index is 741. The summed E-state index contributed by atoms with van der Waals surface area (Å²) in [5, 5.41) is 13.8. The van der Waals surface area contributed by atoms with Gasteiger partial charge in [-0.05, 0) is 43.5 Å². The summed E-state index contributed by atoms with van der Waals surface area (Å²) >= 11 is 0. The van der Waals surface area contributed by atoms with E-state index in [0.717, 1.165) is 49.7 Å². The molecule has 7 nitrogen and oxygen atoms in total. The molecule has 0 radical (unpaired) electrons. The van der Waals surface area contributed by atoms with Crippen molar-refractivity contribution in [2.45, 2.75) is 46.7 Å². The molecule has 28 heavy (non-hydrogen) atoms. The minimum atomic E-state index is 0.00738. The average Bonchev–Trinajstić information content (AvgIpc) is 3.22. The molecule has 0 aliphatic carbocycles. The van der Waals surface area contributed by atoms with Crippen molar-refractivity contribution in [3.8, 4) is 0 Å². The zero-order valence-corrected chi connectivity index (χ0v) is 17.1. The summed E-state index contributed by atoms with van der Waals surface area (Å²) in [5.41, 5.74) is 1.87. The van der Waals surface area contributed by atoms with Gasteiger partial charge in [-0.1, -0.05) is 26.0 Å². The first-order valence-electron chi connectivity index (χ1n) is 10.0. The maximum atomic E-state index is 12.1. The predicted molar refractivity (Wildman–Crippen MR) is 114 cm³/mol. The summed E-state index contributed by atoms with van der Waals surface area (Å²) < 4.78 is 1.92. The molecule has 0 spiro atoms. The molecule has 2 aromatic rings. The number of nitrogens with zero attached hydrogens (tertiary/aromatic N) is 3. The molecule has 152 valence electrons. The van der Waals surface area contributed by atoms with Crippen molar-refractivity contribution in [3.63, 3.8) is 0 Å². The van der Waals surface area contributed by atoms with Gasteiger partial charge >= 0.3 is 0 Å². The van der Waals surface area contributed by atoms with Crippen molar-refractivity contribution < 1.29 is 4.79 Å². The summed E-state index contributed by atoms with van der Waals surface area (Å²) in [6.45, 7) is 9.03. The molecule has 0 saturated heterocycles. The lowest BCUT2D eigenvalue weighted by molar-refractivity contribution is -0.119. The maximum Gasteiger partial charge on any atom is 0.227 e. The van der Waals surface area contributed by atoms with Gasteiger partial charge in [0, 0.05) is 43.6 Å². The van der Waals surface area contributed by atoms with Crippen LogP contribution in [0.1, 0.15) is 39.2 Å². The Kier molecular flexibility index (Phi) is 9.04. The van der Waals surface area contributed by atoms with Gasteiger partial charge in [-0.15, -0.1) is 0 Å². The van der Waals surface area contributed by atoms with Gasteiger partial charge in [-0.3, -0.25) is 9.48 Å². The van der Waals surface area contributed by atoms with Crippen LogP contribution in [0.25, 0.3) is 0 Å². The number of carbonyl (C=O) groups excluding carboxylic acids is 1. The second-order valence-electron chi connectivity index (χ2n) is 6.74. The topological polar surface area (TPSA) is 83.3 Å². The Morgan fingerprint density at radius 2 is 2.11 bits per heavy atom. The number of anilines is 1. The smallest absolute Gasteiger partial charge is 0.227 e. The van der Waals surface area contributed by atoms with Crippen molar-refractivity contribution in [1.82, 2.24) is 20.4 Å². The molecule has 3 N–H and O–H groups in total. The van der Waals surface area contributed by atoms with Crippen LogP contribution in [0.5, 0.6) is 0 Å². The van der Waals surface area contributed by atoms with E-state index in [1.54, 1.807) is 6.20 Å². The van der Waals surface area contributed by atoms with Crippen molar-refractivity contribution in [2.24, 2.45) is 10.9 Å². The number of hydrogen-bond donors (Lipinski definition) is 3. The molecule has 0 fully saturated rings. The minimum Gasteiger partial charge on any atom is -0.357 e. The van der Waals surface area contributed by atoms with E-state index in [9.17, 15) is 4.79 Å². The quantitative estimate of drug-likeness (QED) is 0.334. The average molecular weight is 385 g/mol. The van der Waals surface area contributed by atoms with Gasteiger partial charge in [0.25, 0.3) is 0 Å². The molecule has 1 atom stereocenters. The summed E-state index contributed by atoms with van der Waals surface area (Å²) in [7, 11) is 0. The van der Waals surface area contributed by atoms with Gasteiger partial charge in [-0.2, -0.15) is 5.10 Å². The second-order valence-corrected chi connectivity index (χ2v) is 6.74. The molecule has 0 saturated carbocycles. The van der Waals surface area contributed by atoms with E-state index in [2.05, 4.69) is 26.0 Å². The highest BCUT2D eigenvalue weighted by Crippen LogP contribution is 2.13. The third-order valence-corrected chi connectivity index (χ3v) is 4.43. The molecule has 0 aliphatic rings. The van der Waals surface area contributed by atoms with Crippen LogP contribution in [0.4, 0.5) is 5.69 Å². The minimum absolute atomic E-state index is 0.00738. The number of hydrogen-bond acceptors (Lipinski definition) is 3. The van der Waals surface area contributed by atoms with E-state index in [4.69, 9.17) is 0 Å².